The van der Waals surface area contributed by atoms with Gasteiger partial charge in [-0.1, -0.05) is 0 Å². The molecule has 0 bridgehead atoms. The normalized spacial score (nSPS) is 19.4. The van der Waals surface area contributed by atoms with Gasteiger partial charge in [-0.2, -0.15) is 0 Å². The van der Waals surface area contributed by atoms with Gasteiger partial charge in [0.25, 0.3) is 0 Å². The van der Waals surface area contributed by atoms with E-state index in [9.17, 15) is 0 Å². The van der Waals surface area contributed by atoms with Crippen molar-refractivity contribution in [3.05, 3.63) is 11.8 Å². The molecule has 0 radical (unpaired) electrons. The summed E-state index contributed by atoms with van der Waals surface area (Å²) in [5.74, 6) is 1.29. The maximum absolute atomic E-state index is 5.95. The molecule has 1 aliphatic carbocycles. The SMILES string of the molecule is [CH3][Sn]([CH3])([CH3])[O]C1=CCCCC1. The molecule has 0 heterocycles. The van der Waals surface area contributed by atoms with Crippen molar-refractivity contribution in [3.8, 4) is 0 Å². The van der Waals surface area contributed by atoms with Gasteiger partial charge in [0.05, 0.1) is 0 Å². The van der Waals surface area contributed by atoms with Crippen molar-refractivity contribution < 1.29 is 3.07 Å². The van der Waals surface area contributed by atoms with Crippen LogP contribution in [0.5, 0.6) is 0 Å². The first-order chi connectivity index (χ1) is 5.08. The molecule has 2 heteroatoms. The Labute approximate surface area is 74.2 Å². The molecule has 0 saturated heterocycles. The van der Waals surface area contributed by atoms with Crippen molar-refractivity contribution in [1.82, 2.24) is 0 Å². The third-order valence-electron chi connectivity index (χ3n) is 1.69. The van der Waals surface area contributed by atoms with Gasteiger partial charge < -0.3 is 0 Å². The van der Waals surface area contributed by atoms with Gasteiger partial charge in [-0.25, -0.2) is 0 Å². The molecule has 1 rings (SSSR count). The fraction of sp³-hybridized carbons (Fsp3) is 0.778. The predicted molar refractivity (Wildman–Crippen MR) is 51.0 cm³/mol. The van der Waals surface area contributed by atoms with Gasteiger partial charge in [0.1, 0.15) is 0 Å². The van der Waals surface area contributed by atoms with E-state index in [1.54, 1.807) is 0 Å². The summed E-state index contributed by atoms with van der Waals surface area (Å²) in [6.45, 7) is 0. The zero-order valence-corrected chi connectivity index (χ0v) is 10.7. The minimum atomic E-state index is -1.98. The Hall–Kier alpha value is 0.339. The number of rotatable bonds is 2. The Kier molecular flexibility index (Phi) is 3.28. The van der Waals surface area contributed by atoms with Gasteiger partial charge in [-0.05, 0) is 0 Å². The first-order valence-electron chi connectivity index (χ1n) is 4.46. The minimum absolute atomic E-state index is 1.19. The Morgan fingerprint density at radius 1 is 1.27 bits per heavy atom. The van der Waals surface area contributed by atoms with Crippen LogP contribution < -0.4 is 0 Å². The first-order valence-corrected chi connectivity index (χ1v) is 14.2. The van der Waals surface area contributed by atoms with Crippen molar-refractivity contribution in [1.29, 1.82) is 0 Å². The van der Waals surface area contributed by atoms with E-state index in [1.807, 2.05) is 0 Å². The van der Waals surface area contributed by atoms with Crippen molar-refractivity contribution in [2.75, 3.05) is 0 Å². The molecule has 0 saturated carbocycles. The second kappa shape index (κ2) is 3.83. The molecule has 0 N–H and O–H groups in total. The molecule has 1 aliphatic rings. The summed E-state index contributed by atoms with van der Waals surface area (Å²) in [4.78, 5) is 6.93. The fourth-order valence-electron chi connectivity index (χ4n) is 1.29. The van der Waals surface area contributed by atoms with Crippen LogP contribution in [0.3, 0.4) is 0 Å². The Morgan fingerprint density at radius 2 is 2.00 bits per heavy atom. The van der Waals surface area contributed by atoms with E-state index in [4.69, 9.17) is 3.07 Å². The number of hydrogen-bond acceptors (Lipinski definition) is 1. The zero-order chi connectivity index (χ0) is 8.32. The summed E-state index contributed by atoms with van der Waals surface area (Å²) in [6.07, 6.45) is 7.39. The van der Waals surface area contributed by atoms with Gasteiger partial charge in [0.2, 0.25) is 0 Å². The Bertz CT molecular complexity index is 155. The molecule has 0 spiro atoms. The molecule has 11 heavy (non-hydrogen) atoms. The van der Waals surface area contributed by atoms with Gasteiger partial charge >= 0.3 is 74.2 Å². The fourth-order valence-corrected chi connectivity index (χ4v) is 4.07. The van der Waals surface area contributed by atoms with Crippen LogP contribution in [0.25, 0.3) is 0 Å². The van der Waals surface area contributed by atoms with Crippen LogP contribution in [-0.4, -0.2) is 18.8 Å². The Morgan fingerprint density at radius 3 is 2.45 bits per heavy atom. The van der Waals surface area contributed by atoms with Crippen LogP contribution in [0.4, 0.5) is 0 Å². The molecule has 0 amide bonds. The molecule has 0 aromatic heterocycles. The van der Waals surface area contributed by atoms with Crippen molar-refractivity contribution in [2.24, 2.45) is 0 Å². The van der Waals surface area contributed by atoms with E-state index < -0.39 is 18.8 Å². The molecule has 0 atom stereocenters. The predicted octanol–water partition coefficient (Wildman–Crippen LogP) is 3.30. The first kappa shape index (κ1) is 9.43. The van der Waals surface area contributed by atoms with Gasteiger partial charge in [-0.15, -0.1) is 0 Å². The topological polar surface area (TPSA) is 9.23 Å². The number of hydrogen-bond donors (Lipinski definition) is 0. The van der Waals surface area contributed by atoms with Crippen LogP contribution in [0, 0.1) is 0 Å². The van der Waals surface area contributed by atoms with E-state index in [1.165, 1.54) is 31.4 Å². The van der Waals surface area contributed by atoms with Gasteiger partial charge in [0.15, 0.2) is 0 Å². The van der Waals surface area contributed by atoms with Crippen molar-refractivity contribution in [3.63, 3.8) is 0 Å². The molecular weight excluding hydrogens is 243 g/mol. The molecule has 64 valence electrons. The molecule has 0 fully saturated rings. The second-order valence-electron chi connectivity index (χ2n) is 4.13. The molecule has 0 aromatic carbocycles. The Balaban J connectivity index is 2.42. The van der Waals surface area contributed by atoms with Crippen LogP contribution in [-0.2, 0) is 3.07 Å². The quantitative estimate of drug-likeness (QED) is 0.693. The van der Waals surface area contributed by atoms with E-state index >= 15 is 0 Å². The van der Waals surface area contributed by atoms with E-state index in [2.05, 4.69) is 20.9 Å². The maximum atomic E-state index is 5.95. The van der Waals surface area contributed by atoms with Crippen LogP contribution in [0.1, 0.15) is 25.7 Å². The standard InChI is InChI=1S/C6H10O.3CH3.Sn/c7-6-4-2-1-3-5-6;;;;/h4,7H,1-3,5H2;3*1H3;/q;;;;+1/p-1. The molecular formula is C9H18OSn. The van der Waals surface area contributed by atoms with E-state index in [0.29, 0.717) is 0 Å². The van der Waals surface area contributed by atoms with E-state index in [-0.39, 0.29) is 0 Å². The van der Waals surface area contributed by atoms with Crippen LogP contribution >= 0.6 is 0 Å². The average Bonchev–Trinajstić information content (AvgIpc) is 1.85. The summed E-state index contributed by atoms with van der Waals surface area (Å²) < 4.78 is 5.95. The van der Waals surface area contributed by atoms with Crippen LogP contribution in [0.2, 0.25) is 14.8 Å². The number of allylic oxidation sites excluding steroid dienone is 2. The van der Waals surface area contributed by atoms with Crippen LogP contribution in [0.15, 0.2) is 11.8 Å². The van der Waals surface area contributed by atoms with Gasteiger partial charge in [-0.3, -0.25) is 0 Å². The third kappa shape index (κ3) is 4.04. The summed E-state index contributed by atoms with van der Waals surface area (Å²) in [7, 11) is 0. The summed E-state index contributed by atoms with van der Waals surface area (Å²) in [5, 5.41) is 0. The average molecular weight is 261 g/mol. The van der Waals surface area contributed by atoms with Crippen molar-refractivity contribution >= 4 is 18.8 Å². The van der Waals surface area contributed by atoms with Gasteiger partial charge in [0, 0.05) is 0 Å². The summed E-state index contributed by atoms with van der Waals surface area (Å²) >= 11 is -1.98. The second-order valence-corrected chi connectivity index (χ2v) is 16.8. The summed E-state index contributed by atoms with van der Waals surface area (Å²) in [5.41, 5.74) is 0. The zero-order valence-electron chi connectivity index (χ0n) is 7.81. The molecule has 0 aliphatic heterocycles. The molecule has 0 aromatic rings. The monoisotopic (exact) mass is 262 g/mol. The molecule has 0 unspecified atom stereocenters. The summed E-state index contributed by atoms with van der Waals surface area (Å²) in [6, 6.07) is 0. The third-order valence-corrected chi connectivity index (χ3v) is 4.18. The van der Waals surface area contributed by atoms with Crippen molar-refractivity contribution in [2.45, 2.75) is 40.5 Å². The molecule has 1 nitrogen and oxygen atoms in total. The van der Waals surface area contributed by atoms with E-state index in [0.717, 1.165) is 0 Å².